The zero-order chi connectivity index (χ0) is 34.1. The van der Waals surface area contributed by atoms with Gasteiger partial charge in [0.05, 0.1) is 55.8 Å². The molecule has 0 radical (unpaired) electrons. The van der Waals surface area contributed by atoms with Gasteiger partial charge < -0.3 is 32.4 Å². The number of nitro groups is 1. The average molecular weight is 841 g/mol. The van der Waals surface area contributed by atoms with Crippen LogP contribution in [-0.4, -0.2) is 107 Å². The summed E-state index contributed by atoms with van der Waals surface area (Å²) in [4.78, 5) is 18.4. The minimum atomic E-state index is -3.14. The molecule has 0 saturated carbocycles. The number of piperidine rings is 2. The normalized spacial score (nSPS) is 19.1. The average Bonchev–Trinajstić information content (AvgIpc) is 3.09. The molecule has 0 aliphatic carbocycles. The van der Waals surface area contributed by atoms with Crippen molar-refractivity contribution < 1.29 is 53.8 Å². The molecule has 16 heteroatoms. The summed E-state index contributed by atoms with van der Waals surface area (Å²) in [7, 11) is 0. The van der Waals surface area contributed by atoms with Crippen LogP contribution in [0.25, 0.3) is 0 Å². The van der Waals surface area contributed by atoms with Gasteiger partial charge in [-0.15, -0.1) is 12.4 Å². The number of anilines is 3. The molecule has 0 atom stereocenters. The molecular formula is C35H54ClF4N6O4Pd-. The first-order valence-electron chi connectivity index (χ1n) is 17.1. The third-order valence-electron chi connectivity index (χ3n) is 9.49. The molecule has 0 unspecified atom stereocenters. The van der Waals surface area contributed by atoms with Crippen LogP contribution in [0.5, 0.6) is 0 Å². The molecule has 51 heavy (non-hydrogen) atoms. The van der Waals surface area contributed by atoms with Gasteiger partial charge in [-0.05, 0) is 56.7 Å². The number of nitro benzene ring substituents is 1. The molecule has 4 saturated heterocycles. The van der Waals surface area contributed by atoms with E-state index in [1.165, 1.54) is 30.7 Å². The van der Waals surface area contributed by atoms with Crippen LogP contribution in [0.3, 0.4) is 0 Å². The van der Waals surface area contributed by atoms with Crippen molar-refractivity contribution in [3.8, 4) is 0 Å². The van der Waals surface area contributed by atoms with Gasteiger partial charge in [0.15, 0.2) is 0 Å². The molecule has 4 aliphatic rings. The number of nitrogen functional groups attached to an aromatic ring is 1. The van der Waals surface area contributed by atoms with Crippen molar-refractivity contribution in [2.45, 2.75) is 50.4 Å². The maximum atomic E-state index is 14.6. The monoisotopic (exact) mass is 839 g/mol. The van der Waals surface area contributed by atoms with E-state index in [0.29, 0.717) is 64.0 Å². The maximum Gasteiger partial charge on any atom is 0.293 e. The number of morpholine rings is 2. The van der Waals surface area contributed by atoms with Gasteiger partial charge in [-0.2, -0.15) is 17.6 Å². The van der Waals surface area contributed by atoms with Crippen molar-refractivity contribution >= 4 is 35.2 Å². The van der Waals surface area contributed by atoms with Crippen molar-refractivity contribution in [2.24, 2.45) is 0 Å². The van der Waals surface area contributed by atoms with Gasteiger partial charge in [-0.1, -0.05) is 12.1 Å². The van der Waals surface area contributed by atoms with E-state index in [4.69, 9.17) is 15.2 Å². The van der Waals surface area contributed by atoms with Crippen LogP contribution in [0, 0.1) is 17.5 Å². The fourth-order valence-corrected chi connectivity index (χ4v) is 6.77. The molecular weight excluding hydrogens is 786 g/mol. The number of nitrogens with two attached hydrogens (primary N) is 1. The minimum Gasteiger partial charge on any atom is -0.397 e. The first kappa shape index (κ1) is 44.9. The number of ether oxygens (including phenoxy) is 2. The quantitative estimate of drug-likeness (QED) is 0.0730. The first-order chi connectivity index (χ1) is 23.0. The molecule has 294 valence electrons. The third-order valence-corrected chi connectivity index (χ3v) is 9.49. The second-order valence-corrected chi connectivity index (χ2v) is 13.0. The Morgan fingerprint density at radius 3 is 1.49 bits per heavy atom. The Labute approximate surface area is 320 Å². The minimum absolute atomic E-state index is 0. The fraction of sp³-hybridized carbons (Fsp3) is 0.629. The van der Waals surface area contributed by atoms with Crippen LogP contribution in [0.2, 0.25) is 0 Å². The SMILES string of the molecule is Cl.Nc1cc(C(F)(F)CN2CCOCC2)ccc1N1CCCCC1.O=[N+]([O-])c1cc(C(F)(F)CN2CCOCC2)ccc1N1CCCCC1.[CH3-].[HH].[Pd]. The Bertz CT molecular complexity index is 1370. The summed E-state index contributed by atoms with van der Waals surface area (Å²) in [5.74, 6) is -6.03. The van der Waals surface area contributed by atoms with Crippen LogP contribution in [-0.2, 0) is 41.7 Å². The van der Waals surface area contributed by atoms with E-state index in [-0.39, 0.29) is 65.0 Å². The standard InChI is InChI=1S/C17H23F2N3O3.C17H25F2N3O.CH3.ClH.Pd.H2/c18-17(19,13-20-8-10-25-11-9-20)14-4-5-15(16(12-14)22(23)24)21-6-2-1-3-7-21;18-17(19,13-21-8-10-23-11-9-21)14-4-5-16(15(20)12-14)22-6-2-1-3-7-22;;;;/h4-5,12H,1-3,6-11,13H2;4-5,12H,1-3,6-11,13,20H2;1H3;1H;;1H/q;;-1;;;. The second-order valence-electron chi connectivity index (χ2n) is 13.0. The van der Waals surface area contributed by atoms with E-state index in [1.807, 2.05) is 4.90 Å². The van der Waals surface area contributed by atoms with Gasteiger partial charge in [0.2, 0.25) is 0 Å². The Morgan fingerprint density at radius 1 is 0.686 bits per heavy atom. The molecule has 2 aromatic carbocycles. The zero-order valence-corrected chi connectivity index (χ0v) is 31.7. The van der Waals surface area contributed by atoms with Crippen LogP contribution in [0.4, 0.5) is 40.3 Å². The predicted molar refractivity (Wildman–Crippen MR) is 194 cm³/mol. The van der Waals surface area contributed by atoms with E-state index in [9.17, 15) is 27.7 Å². The molecule has 2 N–H and O–H groups in total. The molecule has 2 aromatic rings. The van der Waals surface area contributed by atoms with Crippen molar-refractivity contribution in [3.63, 3.8) is 0 Å². The van der Waals surface area contributed by atoms with E-state index in [1.54, 1.807) is 15.9 Å². The number of hydrogen-bond donors (Lipinski definition) is 1. The van der Waals surface area contributed by atoms with Crippen LogP contribution in [0.15, 0.2) is 36.4 Å². The van der Waals surface area contributed by atoms with Crippen LogP contribution >= 0.6 is 12.4 Å². The largest absolute Gasteiger partial charge is 0.397 e. The topological polar surface area (TPSA) is 101 Å². The summed E-state index contributed by atoms with van der Waals surface area (Å²) in [5, 5.41) is 11.4. The number of rotatable bonds is 9. The van der Waals surface area contributed by atoms with Gasteiger partial charge in [-0.25, -0.2) is 0 Å². The second kappa shape index (κ2) is 20.9. The van der Waals surface area contributed by atoms with E-state index >= 15 is 0 Å². The Balaban J connectivity index is 0.000000484. The molecule has 0 aromatic heterocycles. The summed E-state index contributed by atoms with van der Waals surface area (Å²) in [6, 6.07) is 8.59. The molecule has 4 aliphatic heterocycles. The summed E-state index contributed by atoms with van der Waals surface area (Å²) in [5.41, 5.74) is 7.32. The van der Waals surface area contributed by atoms with Gasteiger partial charge in [0.25, 0.3) is 17.5 Å². The molecule has 0 bridgehead atoms. The number of alkyl halides is 4. The van der Waals surface area contributed by atoms with E-state index in [0.717, 1.165) is 70.0 Å². The predicted octanol–water partition coefficient (Wildman–Crippen LogP) is 6.81. The van der Waals surface area contributed by atoms with Gasteiger partial charge in [0, 0.05) is 91.4 Å². The van der Waals surface area contributed by atoms with Crippen molar-refractivity contribution in [1.82, 2.24) is 9.80 Å². The first-order valence-corrected chi connectivity index (χ1v) is 17.1. The zero-order valence-electron chi connectivity index (χ0n) is 29.3. The summed E-state index contributed by atoms with van der Waals surface area (Å²) in [6.45, 7) is 6.54. The van der Waals surface area contributed by atoms with Gasteiger partial charge in [-0.3, -0.25) is 19.9 Å². The number of benzene rings is 2. The molecule has 10 nitrogen and oxygen atoms in total. The summed E-state index contributed by atoms with van der Waals surface area (Å²) in [6.07, 6.45) is 6.52. The molecule has 4 heterocycles. The smallest absolute Gasteiger partial charge is 0.293 e. The number of halogens is 5. The van der Waals surface area contributed by atoms with E-state index in [2.05, 4.69) is 4.90 Å². The Kier molecular flexibility index (Phi) is 18.4. The number of hydrogen-bond acceptors (Lipinski definition) is 9. The number of nitrogens with zero attached hydrogens (tertiary/aromatic N) is 5. The molecule has 4 fully saturated rings. The Morgan fingerprint density at radius 2 is 1.08 bits per heavy atom. The van der Waals surface area contributed by atoms with Crippen molar-refractivity contribution in [1.29, 1.82) is 0 Å². The van der Waals surface area contributed by atoms with Crippen molar-refractivity contribution in [2.75, 3.05) is 107 Å². The molecule has 0 spiro atoms. The van der Waals surface area contributed by atoms with E-state index < -0.39 is 23.3 Å². The summed E-state index contributed by atoms with van der Waals surface area (Å²) < 4.78 is 68.7. The molecule has 0 amide bonds. The van der Waals surface area contributed by atoms with Crippen LogP contribution < -0.4 is 15.5 Å². The fourth-order valence-electron chi connectivity index (χ4n) is 6.77. The maximum absolute atomic E-state index is 14.6. The third kappa shape index (κ3) is 12.4. The van der Waals surface area contributed by atoms with Crippen LogP contribution in [0.1, 0.15) is 51.1 Å². The van der Waals surface area contributed by atoms with Gasteiger partial charge in [0.1, 0.15) is 5.69 Å². The van der Waals surface area contributed by atoms with Crippen molar-refractivity contribution in [3.05, 3.63) is 65.1 Å². The summed E-state index contributed by atoms with van der Waals surface area (Å²) >= 11 is 0. The van der Waals surface area contributed by atoms with Gasteiger partial charge >= 0.3 is 0 Å². The molecule has 6 rings (SSSR count). The Hall–Kier alpha value is -2.25.